The molecule has 1 amide bonds. The summed E-state index contributed by atoms with van der Waals surface area (Å²) in [6, 6.07) is 11.9. The second kappa shape index (κ2) is 10.3. The number of hydrogen-bond acceptors (Lipinski definition) is 7. The fourth-order valence-electron chi connectivity index (χ4n) is 4.86. The zero-order chi connectivity index (χ0) is 25.9. The topological polar surface area (TPSA) is 105 Å². The molecular weight excluding hydrogens is 468 g/mol. The van der Waals surface area contributed by atoms with Gasteiger partial charge in [0.05, 0.1) is 42.0 Å². The van der Waals surface area contributed by atoms with Crippen LogP contribution in [0.15, 0.2) is 61.4 Å². The Kier molecular flexibility index (Phi) is 6.78. The number of carbonyl (C=O) groups excluding carboxylic acids is 1. The molecule has 0 fully saturated rings. The highest BCUT2D eigenvalue weighted by Gasteiger charge is 2.19. The van der Waals surface area contributed by atoms with Gasteiger partial charge >= 0.3 is 0 Å². The summed E-state index contributed by atoms with van der Waals surface area (Å²) >= 11 is 0. The lowest BCUT2D eigenvalue weighted by molar-refractivity contribution is -0.111. The summed E-state index contributed by atoms with van der Waals surface area (Å²) in [4.78, 5) is 23.2. The fourth-order valence-corrected chi connectivity index (χ4v) is 4.86. The van der Waals surface area contributed by atoms with E-state index < -0.39 is 0 Å². The van der Waals surface area contributed by atoms with E-state index in [1.165, 1.54) is 22.5 Å². The lowest BCUT2D eigenvalue weighted by Gasteiger charge is -2.24. The number of aryl methyl sites for hydroxylation is 2. The van der Waals surface area contributed by atoms with Gasteiger partial charge in [0.2, 0.25) is 11.9 Å². The van der Waals surface area contributed by atoms with Crippen molar-refractivity contribution in [3.05, 3.63) is 67.0 Å². The molecule has 0 spiro atoms. The third kappa shape index (κ3) is 4.73. The summed E-state index contributed by atoms with van der Waals surface area (Å²) in [5, 5.41) is 16.7. The standard InChI is InChI=1S/C28H30N6O3/c1-4-26(36)30-22-15-23(25(37-3)16-24(22)33(2)13-14-35)32-28-29-11-10-21(31-28)20-17-34-12-6-8-18-7-5-9-19(20)27(18)34/h4-5,7,9-11,15-17,35H,1,6,8,12-14H2,2-3H3,(H,30,36)(H,29,31,32). The molecule has 0 saturated heterocycles. The number of likely N-dealkylation sites (N-methyl/N-ethyl adjacent to an activating group) is 1. The minimum atomic E-state index is -0.346. The molecule has 0 atom stereocenters. The number of hydrogen-bond donors (Lipinski definition) is 3. The lowest BCUT2D eigenvalue weighted by Crippen LogP contribution is -2.23. The summed E-state index contributed by atoms with van der Waals surface area (Å²) in [5.41, 5.74) is 6.35. The van der Waals surface area contributed by atoms with Crippen LogP contribution in [0.4, 0.5) is 23.0 Å². The lowest BCUT2D eigenvalue weighted by atomic mass is 10.0. The molecule has 37 heavy (non-hydrogen) atoms. The Bertz CT molecular complexity index is 1480. The number of anilines is 4. The summed E-state index contributed by atoms with van der Waals surface area (Å²) in [6.45, 7) is 4.89. The number of para-hydroxylation sites is 1. The number of methoxy groups -OCH3 is 1. The minimum Gasteiger partial charge on any atom is -0.494 e. The van der Waals surface area contributed by atoms with Crippen LogP contribution in [0.2, 0.25) is 0 Å². The van der Waals surface area contributed by atoms with Crippen molar-refractivity contribution >= 4 is 39.8 Å². The van der Waals surface area contributed by atoms with Gasteiger partial charge in [0, 0.05) is 49.5 Å². The Hall–Kier alpha value is -4.37. The van der Waals surface area contributed by atoms with E-state index in [4.69, 9.17) is 9.72 Å². The van der Waals surface area contributed by atoms with Gasteiger partial charge in [-0.1, -0.05) is 24.8 Å². The molecule has 5 rings (SSSR count). The zero-order valence-corrected chi connectivity index (χ0v) is 21.0. The quantitative estimate of drug-likeness (QED) is 0.295. The average molecular weight is 499 g/mol. The second-order valence-corrected chi connectivity index (χ2v) is 8.95. The molecule has 1 aliphatic heterocycles. The van der Waals surface area contributed by atoms with Crippen molar-refractivity contribution in [2.24, 2.45) is 0 Å². The van der Waals surface area contributed by atoms with Crippen LogP contribution >= 0.6 is 0 Å². The molecule has 9 heteroatoms. The first-order valence-corrected chi connectivity index (χ1v) is 12.2. The van der Waals surface area contributed by atoms with Gasteiger partial charge in [-0.15, -0.1) is 0 Å². The summed E-state index contributed by atoms with van der Waals surface area (Å²) in [7, 11) is 3.40. The van der Waals surface area contributed by atoms with E-state index in [0.717, 1.165) is 30.6 Å². The monoisotopic (exact) mass is 498 g/mol. The van der Waals surface area contributed by atoms with Gasteiger partial charge in [-0.25, -0.2) is 9.97 Å². The summed E-state index contributed by atoms with van der Waals surface area (Å²) in [5.74, 6) is 0.596. The molecule has 2 aromatic heterocycles. The number of rotatable bonds is 9. The van der Waals surface area contributed by atoms with E-state index in [1.54, 1.807) is 25.4 Å². The highest BCUT2D eigenvalue weighted by molar-refractivity contribution is 6.02. The van der Waals surface area contributed by atoms with Crippen molar-refractivity contribution in [1.82, 2.24) is 14.5 Å². The first kappa shape index (κ1) is 24.3. The van der Waals surface area contributed by atoms with Crippen molar-refractivity contribution in [2.75, 3.05) is 42.8 Å². The van der Waals surface area contributed by atoms with Crippen molar-refractivity contribution in [3.8, 4) is 17.0 Å². The van der Waals surface area contributed by atoms with Crippen molar-refractivity contribution in [2.45, 2.75) is 19.4 Å². The van der Waals surface area contributed by atoms with E-state index in [9.17, 15) is 9.90 Å². The normalized spacial score (nSPS) is 12.3. The Labute approximate surface area is 215 Å². The van der Waals surface area contributed by atoms with E-state index in [2.05, 4.69) is 51.2 Å². The SMILES string of the molecule is C=CC(=O)Nc1cc(Nc2nccc(-c3cn4c5c(cccc35)CCC4)n2)c(OC)cc1N(C)CCO. The molecule has 1 aliphatic rings. The van der Waals surface area contributed by atoms with Gasteiger partial charge in [0.15, 0.2) is 0 Å². The maximum atomic E-state index is 12.1. The van der Waals surface area contributed by atoms with Gasteiger partial charge in [-0.05, 0) is 36.6 Å². The van der Waals surface area contributed by atoms with E-state index in [1.807, 2.05) is 18.0 Å². The van der Waals surface area contributed by atoms with Gasteiger partial charge in [0.25, 0.3) is 0 Å². The number of aromatic nitrogens is 3. The smallest absolute Gasteiger partial charge is 0.247 e. The van der Waals surface area contributed by atoms with E-state index in [-0.39, 0.29) is 12.5 Å². The molecule has 0 saturated carbocycles. The predicted octanol–water partition coefficient (Wildman–Crippen LogP) is 4.35. The van der Waals surface area contributed by atoms with Crippen LogP contribution in [0.5, 0.6) is 5.75 Å². The third-order valence-corrected chi connectivity index (χ3v) is 6.61. The van der Waals surface area contributed by atoms with Gasteiger partial charge in [0.1, 0.15) is 5.75 Å². The van der Waals surface area contributed by atoms with Crippen LogP contribution in [0.1, 0.15) is 12.0 Å². The van der Waals surface area contributed by atoms with Crippen LogP contribution in [-0.2, 0) is 17.8 Å². The number of amides is 1. The first-order chi connectivity index (χ1) is 18.0. The third-order valence-electron chi connectivity index (χ3n) is 6.61. The number of aliphatic hydroxyl groups is 1. The molecule has 0 bridgehead atoms. The maximum Gasteiger partial charge on any atom is 0.247 e. The Balaban J connectivity index is 1.53. The van der Waals surface area contributed by atoms with E-state index >= 15 is 0 Å². The molecule has 3 heterocycles. The van der Waals surface area contributed by atoms with Crippen molar-refractivity contribution in [3.63, 3.8) is 0 Å². The number of nitrogens with one attached hydrogen (secondary N) is 2. The number of aliphatic hydroxyl groups excluding tert-OH is 1. The molecule has 0 unspecified atom stereocenters. The van der Waals surface area contributed by atoms with Gasteiger partial charge in [-0.3, -0.25) is 4.79 Å². The number of nitrogens with zero attached hydrogens (tertiary/aromatic N) is 4. The second-order valence-electron chi connectivity index (χ2n) is 8.95. The highest BCUT2D eigenvalue weighted by atomic mass is 16.5. The highest BCUT2D eigenvalue weighted by Crippen LogP contribution is 2.39. The Morgan fingerprint density at radius 2 is 2.16 bits per heavy atom. The maximum absolute atomic E-state index is 12.1. The zero-order valence-electron chi connectivity index (χ0n) is 21.0. The van der Waals surface area contributed by atoms with Crippen molar-refractivity contribution in [1.29, 1.82) is 0 Å². The average Bonchev–Trinajstić information content (AvgIpc) is 3.29. The molecule has 9 nitrogen and oxygen atoms in total. The van der Waals surface area contributed by atoms with Gasteiger partial charge in [-0.2, -0.15) is 0 Å². The predicted molar refractivity (Wildman–Crippen MR) is 147 cm³/mol. The van der Waals surface area contributed by atoms with Crippen LogP contribution < -0.4 is 20.3 Å². The molecular formula is C28H30N6O3. The van der Waals surface area contributed by atoms with E-state index in [0.29, 0.717) is 35.3 Å². The molecule has 190 valence electrons. The van der Waals surface area contributed by atoms with Gasteiger partial charge < -0.3 is 29.9 Å². The van der Waals surface area contributed by atoms with Crippen molar-refractivity contribution < 1.29 is 14.6 Å². The van der Waals surface area contributed by atoms with Crippen LogP contribution in [0.3, 0.4) is 0 Å². The summed E-state index contributed by atoms with van der Waals surface area (Å²) in [6.07, 6.45) is 7.33. The molecule has 3 N–H and O–H groups in total. The number of benzene rings is 2. The minimum absolute atomic E-state index is 0.0355. The summed E-state index contributed by atoms with van der Waals surface area (Å²) < 4.78 is 7.96. The molecule has 0 radical (unpaired) electrons. The van der Waals surface area contributed by atoms with Crippen LogP contribution in [-0.4, -0.2) is 52.9 Å². The fraction of sp³-hybridized carbons (Fsp3) is 0.250. The molecule has 4 aromatic rings. The van der Waals surface area contributed by atoms with Crippen LogP contribution in [0.25, 0.3) is 22.2 Å². The number of ether oxygens (including phenoxy) is 1. The first-order valence-electron chi connectivity index (χ1n) is 12.2. The van der Waals surface area contributed by atoms with Crippen LogP contribution in [0, 0.1) is 0 Å². The Morgan fingerprint density at radius 3 is 2.95 bits per heavy atom. The largest absolute Gasteiger partial charge is 0.494 e. The molecule has 2 aromatic carbocycles. The Morgan fingerprint density at radius 1 is 1.30 bits per heavy atom. The molecule has 0 aliphatic carbocycles. The number of carbonyl (C=O) groups is 1.